The van der Waals surface area contributed by atoms with Crippen molar-refractivity contribution in [2.75, 3.05) is 26.2 Å². The fourth-order valence-corrected chi connectivity index (χ4v) is 13.8. The number of allylic oxidation sites excluding steroid dienone is 2. The molecule has 0 aromatic heterocycles. The number of carbonyl (C=O) groups is 2. The summed E-state index contributed by atoms with van der Waals surface area (Å²) in [5.41, 5.74) is 4.54. The monoisotopic (exact) mass is 642 g/mol. The topological polar surface area (TPSA) is 69.6 Å². The molecule has 1 aromatic carbocycles. The molecule has 0 radical (unpaired) electrons. The van der Waals surface area contributed by atoms with Crippen LogP contribution in [0, 0.1) is 56.7 Å². The van der Waals surface area contributed by atoms with E-state index in [9.17, 15) is 14.7 Å². The number of carboxylic acid groups (broad SMARTS) is 1. The molecule has 1 heterocycles. The first-order valence-corrected chi connectivity index (χ1v) is 19.3. The third-order valence-corrected chi connectivity index (χ3v) is 16.2. The Hall–Kier alpha value is -2.14. The number of nitrogens with zero attached hydrogens (tertiary/aromatic N) is 1. The molecular weight excluding hydrogens is 580 g/mol. The standard InChI is InChI=1S/C42H62N2O3/c1-28(26-44-24-8-10-36(44)45)25-43-27-42-19-7-9-33(42)32-15-16-35-39(4)20-17-31(29-11-13-30(14-12-29)37(46)47)38(2,3)34(39)18-21-41(35,6)40(32,5)22-23-42/h11-14,17,28,32-35,43H,7-10,15-16,18-27H2,1-6H3,(H,46,47)/t28?,32-,33?,34?,35?,39+,40-,41-,42-/m1/s1. The van der Waals surface area contributed by atoms with Gasteiger partial charge in [-0.25, -0.2) is 4.79 Å². The van der Waals surface area contributed by atoms with Crippen molar-refractivity contribution in [3.8, 4) is 0 Å². The molecule has 0 bridgehead atoms. The van der Waals surface area contributed by atoms with Crippen LogP contribution < -0.4 is 5.32 Å². The summed E-state index contributed by atoms with van der Waals surface area (Å²) >= 11 is 0. The maximum Gasteiger partial charge on any atom is 0.335 e. The molecule has 1 saturated heterocycles. The van der Waals surface area contributed by atoms with Crippen molar-refractivity contribution in [1.29, 1.82) is 0 Å². The summed E-state index contributed by atoms with van der Waals surface area (Å²) in [5.74, 6) is 3.04. The average Bonchev–Trinajstić information content (AvgIpc) is 3.63. The van der Waals surface area contributed by atoms with E-state index in [1.54, 1.807) is 12.1 Å². The first-order valence-electron chi connectivity index (χ1n) is 19.3. The number of benzene rings is 1. The Balaban J connectivity index is 1.08. The van der Waals surface area contributed by atoms with Crippen molar-refractivity contribution in [3.05, 3.63) is 41.5 Å². The Morgan fingerprint density at radius 1 is 0.915 bits per heavy atom. The normalized spacial score (nSPS) is 41.4. The van der Waals surface area contributed by atoms with E-state index in [0.29, 0.717) is 39.6 Å². The van der Waals surface area contributed by atoms with E-state index in [4.69, 9.17) is 0 Å². The predicted octanol–water partition coefficient (Wildman–Crippen LogP) is 9.08. The SMILES string of the molecule is CC(CNC[C@]12CCCC1[C@H]1CCC3[C@@]4(C)CC=C(c5ccc(C(=O)O)cc5)C(C)(C)C4CC[C@@]3(C)[C@]1(C)CC2)CN1CCCC1=O. The van der Waals surface area contributed by atoms with Gasteiger partial charge in [-0.05, 0) is 151 Å². The molecule has 9 atom stereocenters. The number of rotatable bonds is 8. The fourth-order valence-electron chi connectivity index (χ4n) is 13.8. The lowest BCUT2D eigenvalue weighted by molar-refractivity contribution is -0.222. The summed E-state index contributed by atoms with van der Waals surface area (Å²) in [6.07, 6.45) is 17.8. The van der Waals surface area contributed by atoms with E-state index < -0.39 is 5.97 Å². The molecule has 7 rings (SSSR count). The Morgan fingerprint density at radius 3 is 2.38 bits per heavy atom. The molecule has 5 fully saturated rings. The van der Waals surface area contributed by atoms with Crippen molar-refractivity contribution in [3.63, 3.8) is 0 Å². The maximum absolute atomic E-state index is 12.2. The van der Waals surface area contributed by atoms with Gasteiger partial charge in [-0.3, -0.25) is 4.79 Å². The quantitative estimate of drug-likeness (QED) is 0.297. The third-order valence-electron chi connectivity index (χ3n) is 16.2. The van der Waals surface area contributed by atoms with Crippen molar-refractivity contribution in [1.82, 2.24) is 10.2 Å². The zero-order valence-electron chi connectivity index (χ0n) is 30.3. The molecule has 5 aliphatic carbocycles. The number of carbonyl (C=O) groups excluding carboxylic acids is 1. The van der Waals surface area contributed by atoms with Crippen LogP contribution in [-0.2, 0) is 4.79 Å². The molecule has 47 heavy (non-hydrogen) atoms. The number of fused-ring (bicyclic) bond motifs is 7. The Morgan fingerprint density at radius 2 is 1.68 bits per heavy atom. The first kappa shape index (κ1) is 33.4. The number of hydrogen-bond acceptors (Lipinski definition) is 3. The van der Waals surface area contributed by atoms with E-state index in [0.717, 1.165) is 63.2 Å². The average molecular weight is 643 g/mol. The second-order valence-electron chi connectivity index (χ2n) is 18.6. The molecule has 1 amide bonds. The minimum absolute atomic E-state index is 0.0505. The molecule has 5 nitrogen and oxygen atoms in total. The second-order valence-corrected chi connectivity index (χ2v) is 18.6. The van der Waals surface area contributed by atoms with Crippen LogP contribution in [0.4, 0.5) is 0 Å². The van der Waals surface area contributed by atoms with Crippen LogP contribution in [0.1, 0.15) is 135 Å². The molecule has 1 aromatic rings. The highest BCUT2D eigenvalue weighted by Gasteiger charge is 2.69. The van der Waals surface area contributed by atoms with Crippen molar-refractivity contribution in [2.24, 2.45) is 56.7 Å². The highest BCUT2D eigenvalue weighted by molar-refractivity contribution is 5.88. The van der Waals surface area contributed by atoms with Gasteiger partial charge in [0.2, 0.25) is 5.91 Å². The highest BCUT2D eigenvalue weighted by atomic mass is 16.4. The molecule has 6 aliphatic rings. The zero-order valence-corrected chi connectivity index (χ0v) is 30.3. The Bertz CT molecular complexity index is 1420. The lowest BCUT2D eigenvalue weighted by atomic mass is 9.32. The number of carboxylic acids is 1. The highest BCUT2D eigenvalue weighted by Crippen LogP contribution is 2.77. The van der Waals surface area contributed by atoms with Gasteiger partial charge in [-0.15, -0.1) is 0 Å². The van der Waals surface area contributed by atoms with Crippen molar-refractivity contribution in [2.45, 2.75) is 119 Å². The van der Waals surface area contributed by atoms with Crippen LogP contribution in [0.15, 0.2) is 30.3 Å². The van der Waals surface area contributed by atoms with E-state index >= 15 is 0 Å². The van der Waals surface area contributed by atoms with Crippen LogP contribution in [0.5, 0.6) is 0 Å². The van der Waals surface area contributed by atoms with Gasteiger partial charge in [0.05, 0.1) is 5.56 Å². The number of nitrogens with one attached hydrogen (secondary N) is 1. The smallest absolute Gasteiger partial charge is 0.335 e. The lowest BCUT2D eigenvalue weighted by Gasteiger charge is -2.72. The van der Waals surface area contributed by atoms with E-state index in [1.165, 1.54) is 68.9 Å². The summed E-state index contributed by atoms with van der Waals surface area (Å²) in [4.78, 5) is 25.8. The summed E-state index contributed by atoms with van der Waals surface area (Å²) < 4.78 is 0. The van der Waals surface area contributed by atoms with Gasteiger partial charge in [-0.1, -0.05) is 66.2 Å². The lowest BCUT2D eigenvalue weighted by Crippen LogP contribution is -2.65. The number of aromatic carboxylic acids is 1. The summed E-state index contributed by atoms with van der Waals surface area (Å²) in [6, 6.07) is 7.64. The van der Waals surface area contributed by atoms with Gasteiger partial charge in [-0.2, -0.15) is 0 Å². The number of hydrogen-bond donors (Lipinski definition) is 2. The summed E-state index contributed by atoms with van der Waals surface area (Å²) in [7, 11) is 0. The maximum atomic E-state index is 12.2. The molecule has 2 N–H and O–H groups in total. The predicted molar refractivity (Wildman–Crippen MR) is 190 cm³/mol. The number of likely N-dealkylation sites (tertiary alicyclic amines) is 1. The van der Waals surface area contributed by atoms with Gasteiger partial charge in [0.1, 0.15) is 0 Å². The van der Waals surface area contributed by atoms with Crippen molar-refractivity contribution >= 4 is 17.4 Å². The summed E-state index contributed by atoms with van der Waals surface area (Å²) in [5, 5.41) is 13.4. The largest absolute Gasteiger partial charge is 0.478 e. The molecule has 258 valence electrons. The molecule has 1 aliphatic heterocycles. The molecular formula is C42H62N2O3. The zero-order chi connectivity index (χ0) is 33.4. The van der Waals surface area contributed by atoms with Crippen LogP contribution in [0.3, 0.4) is 0 Å². The van der Waals surface area contributed by atoms with Gasteiger partial charge in [0, 0.05) is 26.1 Å². The van der Waals surface area contributed by atoms with E-state index in [-0.39, 0.29) is 10.8 Å². The Kier molecular flexibility index (Phi) is 8.33. The van der Waals surface area contributed by atoms with Crippen LogP contribution in [0.25, 0.3) is 5.57 Å². The van der Waals surface area contributed by atoms with Gasteiger partial charge >= 0.3 is 5.97 Å². The van der Waals surface area contributed by atoms with E-state index in [1.807, 2.05) is 12.1 Å². The fraction of sp³-hybridized carbons (Fsp3) is 0.762. The van der Waals surface area contributed by atoms with Crippen LogP contribution in [-0.4, -0.2) is 48.1 Å². The van der Waals surface area contributed by atoms with E-state index in [2.05, 4.69) is 57.8 Å². The summed E-state index contributed by atoms with van der Waals surface area (Å²) in [6.45, 7) is 19.5. The molecule has 4 saturated carbocycles. The molecule has 4 unspecified atom stereocenters. The Labute approximate surface area is 284 Å². The van der Waals surface area contributed by atoms with Gasteiger partial charge in [0.25, 0.3) is 0 Å². The first-order chi connectivity index (χ1) is 22.3. The van der Waals surface area contributed by atoms with Gasteiger partial charge < -0.3 is 15.3 Å². The van der Waals surface area contributed by atoms with Gasteiger partial charge in [0.15, 0.2) is 0 Å². The minimum atomic E-state index is -0.855. The second kappa shape index (κ2) is 11.7. The minimum Gasteiger partial charge on any atom is -0.478 e. The number of amides is 1. The van der Waals surface area contributed by atoms with Crippen LogP contribution in [0.2, 0.25) is 0 Å². The van der Waals surface area contributed by atoms with Crippen LogP contribution >= 0.6 is 0 Å². The molecule has 0 spiro atoms. The third kappa shape index (κ3) is 5.09. The molecule has 5 heteroatoms. The van der Waals surface area contributed by atoms with Crippen molar-refractivity contribution < 1.29 is 14.7 Å².